The number of anilines is 1. The third-order valence-electron chi connectivity index (χ3n) is 4.67. The first-order chi connectivity index (χ1) is 13.4. The van der Waals surface area contributed by atoms with E-state index in [0.29, 0.717) is 23.2 Å². The van der Waals surface area contributed by atoms with Gasteiger partial charge in [-0.15, -0.1) is 11.3 Å². The minimum atomic E-state index is -0.239. The Morgan fingerprint density at radius 2 is 1.96 bits per heavy atom. The van der Waals surface area contributed by atoms with Crippen molar-refractivity contribution < 1.29 is 4.79 Å². The molecule has 5 heteroatoms. The number of nitrogens with one attached hydrogen (secondary N) is 1. The molecular weight excluding hydrogens is 368 g/mol. The highest BCUT2D eigenvalue weighted by molar-refractivity contribution is 7.10. The number of aromatic amines is 1. The van der Waals surface area contributed by atoms with E-state index in [2.05, 4.69) is 4.98 Å². The predicted octanol–water partition coefficient (Wildman–Crippen LogP) is 4.77. The lowest BCUT2D eigenvalue weighted by atomic mass is 9.93. The van der Waals surface area contributed by atoms with Crippen molar-refractivity contribution in [3.63, 3.8) is 0 Å². The van der Waals surface area contributed by atoms with Crippen molar-refractivity contribution in [2.75, 3.05) is 19.0 Å². The van der Waals surface area contributed by atoms with Gasteiger partial charge < -0.3 is 9.88 Å². The lowest BCUT2D eigenvalue weighted by molar-refractivity contribution is 0.103. The molecule has 0 aliphatic heterocycles. The van der Waals surface area contributed by atoms with E-state index < -0.39 is 0 Å². The second kappa shape index (κ2) is 8.40. The Labute approximate surface area is 169 Å². The monoisotopic (exact) mass is 392 g/mol. The van der Waals surface area contributed by atoms with Crippen LogP contribution in [0.1, 0.15) is 44.5 Å². The average molecular weight is 393 g/mol. The Morgan fingerprint density at radius 3 is 2.61 bits per heavy atom. The van der Waals surface area contributed by atoms with E-state index >= 15 is 0 Å². The Morgan fingerprint density at radius 1 is 1.18 bits per heavy atom. The standard InChI is InChI=1S/C23H24N2O2S/c1-5-19-15(2)24-23(27)21(25(3)4)20(19)22(26)17-9-6-8-16(14-17)11-12-18-10-7-13-28-18/h6-14H,5H2,1-4H3,(H,24,27)/b12-11+. The van der Waals surface area contributed by atoms with Gasteiger partial charge in [-0.05, 0) is 48.1 Å². The highest BCUT2D eigenvalue weighted by Gasteiger charge is 2.23. The smallest absolute Gasteiger partial charge is 0.272 e. The van der Waals surface area contributed by atoms with Gasteiger partial charge in [-0.2, -0.15) is 0 Å². The summed E-state index contributed by atoms with van der Waals surface area (Å²) in [6.07, 6.45) is 4.70. The number of carbonyl (C=O) groups excluding carboxylic acids is 1. The number of H-pyrrole nitrogens is 1. The zero-order valence-electron chi connectivity index (χ0n) is 16.6. The van der Waals surface area contributed by atoms with Crippen LogP contribution in [0.4, 0.5) is 5.69 Å². The van der Waals surface area contributed by atoms with Crippen molar-refractivity contribution in [1.29, 1.82) is 0 Å². The number of nitrogens with zero attached hydrogens (tertiary/aromatic N) is 1. The normalized spacial score (nSPS) is 11.1. The van der Waals surface area contributed by atoms with E-state index in [4.69, 9.17) is 0 Å². The molecular formula is C23H24N2O2S. The zero-order valence-corrected chi connectivity index (χ0v) is 17.4. The molecule has 0 saturated heterocycles. The first kappa shape index (κ1) is 19.8. The van der Waals surface area contributed by atoms with E-state index in [9.17, 15) is 9.59 Å². The fraction of sp³-hybridized carbons (Fsp3) is 0.217. The van der Waals surface area contributed by atoms with E-state index in [1.165, 1.54) is 0 Å². The SMILES string of the molecule is CCc1c(C)[nH]c(=O)c(N(C)C)c1C(=O)c1cccc(/C=C/c2cccs2)c1. The Balaban J connectivity index is 2.08. The average Bonchev–Trinajstić information content (AvgIpc) is 3.18. The lowest BCUT2D eigenvalue weighted by Gasteiger charge is -2.20. The van der Waals surface area contributed by atoms with Gasteiger partial charge in [-0.25, -0.2) is 0 Å². The number of pyridine rings is 1. The van der Waals surface area contributed by atoms with E-state index in [-0.39, 0.29) is 11.3 Å². The number of benzene rings is 1. The maximum absolute atomic E-state index is 13.4. The van der Waals surface area contributed by atoms with Crippen LogP contribution >= 0.6 is 11.3 Å². The molecule has 0 unspecified atom stereocenters. The molecule has 3 rings (SSSR count). The lowest BCUT2D eigenvalue weighted by Crippen LogP contribution is -2.27. The van der Waals surface area contributed by atoms with Crippen LogP contribution in [0.3, 0.4) is 0 Å². The van der Waals surface area contributed by atoms with Gasteiger partial charge in [-0.3, -0.25) is 9.59 Å². The van der Waals surface area contributed by atoms with Gasteiger partial charge in [0.1, 0.15) is 5.69 Å². The number of ketones is 1. The molecule has 0 saturated carbocycles. The number of hydrogen-bond donors (Lipinski definition) is 1. The molecule has 0 atom stereocenters. The molecule has 0 spiro atoms. The summed E-state index contributed by atoms with van der Waals surface area (Å²) >= 11 is 1.67. The molecule has 4 nitrogen and oxygen atoms in total. The van der Waals surface area contributed by atoms with Crippen LogP contribution in [-0.2, 0) is 6.42 Å². The number of aryl methyl sites for hydroxylation is 1. The largest absolute Gasteiger partial charge is 0.373 e. The maximum Gasteiger partial charge on any atom is 0.272 e. The minimum absolute atomic E-state index is 0.124. The van der Waals surface area contributed by atoms with Crippen LogP contribution in [-0.4, -0.2) is 24.9 Å². The van der Waals surface area contributed by atoms with E-state index in [1.807, 2.05) is 61.7 Å². The fourth-order valence-electron chi connectivity index (χ4n) is 3.35. The molecule has 3 aromatic rings. The molecule has 144 valence electrons. The number of hydrogen-bond acceptors (Lipinski definition) is 4. The van der Waals surface area contributed by atoms with Crippen LogP contribution in [0.2, 0.25) is 0 Å². The molecule has 2 aromatic heterocycles. The number of rotatable bonds is 6. The third-order valence-corrected chi connectivity index (χ3v) is 5.50. The zero-order chi connectivity index (χ0) is 20.3. The highest BCUT2D eigenvalue weighted by Crippen LogP contribution is 2.25. The van der Waals surface area contributed by atoms with Gasteiger partial charge in [0.25, 0.3) is 5.56 Å². The number of carbonyl (C=O) groups is 1. The van der Waals surface area contributed by atoms with Crippen LogP contribution in [0, 0.1) is 6.92 Å². The van der Waals surface area contributed by atoms with Crippen molar-refractivity contribution in [3.05, 3.63) is 85.0 Å². The van der Waals surface area contributed by atoms with Crippen molar-refractivity contribution in [3.8, 4) is 0 Å². The van der Waals surface area contributed by atoms with Crippen LogP contribution in [0.25, 0.3) is 12.2 Å². The molecule has 28 heavy (non-hydrogen) atoms. The van der Waals surface area contributed by atoms with E-state index in [1.54, 1.807) is 36.4 Å². The van der Waals surface area contributed by atoms with Crippen LogP contribution < -0.4 is 10.5 Å². The minimum Gasteiger partial charge on any atom is -0.373 e. The molecule has 0 aliphatic rings. The summed E-state index contributed by atoms with van der Waals surface area (Å²) in [5, 5.41) is 2.03. The summed E-state index contributed by atoms with van der Waals surface area (Å²) in [4.78, 5) is 31.7. The Bertz CT molecular complexity index is 1080. The van der Waals surface area contributed by atoms with E-state index in [0.717, 1.165) is 21.7 Å². The van der Waals surface area contributed by atoms with Gasteiger partial charge in [0, 0.05) is 30.2 Å². The summed E-state index contributed by atoms with van der Waals surface area (Å²) in [5.41, 5.74) is 3.82. The van der Waals surface area contributed by atoms with Gasteiger partial charge in [-0.1, -0.05) is 37.3 Å². The molecule has 0 bridgehead atoms. The summed E-state index contributed by atoms with van der Waals surface area (Å²) in [5.74, 6) is -0.124. The second-order valence-corrected chi connectivity index (χ2v) is 7.81. The predicted molar refractivity (Wildman–Crippen MR) is 119 cm³/mol. The van der Waals surface area contributed by atoms with Crippen molar-refractivity contribution in [2.45, 2.75) is 20.3 Å². The second-order valence-electron chi connectivity index (χ2n) is 6.83. The van der Waals surface area contributed by atoms with Gasteiger partial charge >= 0.3 is 0 Å². The van der Waals surface area contributed by atoms with Crippen molar-refractivity contribution in [1.82, 2.24) is 4.98 Å². The molecule has 0 fully saturated rings. The van der Waals surface area contributed by atoms with Crippen molar-refractivity contribution in [2.24, 2.45) is 0 Å². The summed E-state index contributed by atoms with van der Waals surface area (Å²) in [6.45, 7) is 3.84. The summed E-state index contributed by atoms with van der Waals surface area (Å²) in [6, 6.07) is 11.6. The Hall–Kier alpha value is -2.92. The number of thiophene rings is 1. The van der Waals surface area contributed by atoms with Gasteiger partial charge in [0.05, 0.1) is 5.56 Å². The quantitative estimate of drug-likeness (QED) is 0.615. The summed E-state index contributed by atoms with van der Waals surface area (Å²) in [7, 11) is 3.58. The third kappa shape index (κ3) is 3.99. The van der Waals surface area contributed by atoms with Crippen LogP contribution in [0.15, 0.2) is 46.6 Å². The highest BCUT2D eigenvalue weighted by atomic mass is 32.1. The molecule has 2 heterocycles. The van der Waals surface area contributed by atoms with Crippen LogP contribution in [0.5, 0.6) is 0 Å². The molecule has 0 amide bonds. The number of aromatic nitrogens is 1. The fourth-order valence-corrected chi connectivity index (χ4v) is 3.97. The van der Waals surface area contributed by atoms with Gasteiger partial charge in [0.15, 0.2) is 5.78 Å². The maximum atomic E-state index is 13.4. The first-order valence-electron chi connectivity index (χ1n) is 9.21. The van der Waals surface area contributed by atoms with Crippen molar-refractivity contribution >= 4 is 35.0 Å². The summed E-state index contributed by atoms with van der Waals surface area (Å²) < 4.78 is 0. The topological polar surface area (TPSA) is 53.2 Å². The molecule has 1 aromatic carbocycles. The Kier molecular flexibility index (Phi) is 5.95. The first-order valence-corrected chi connectivity index (χ1v) is 10.1. The molecule has 0 aliphatic carbocycles. The molecule has 0 radical (unpaired) electrons. The molecule has 1 N–H and O–H groups in total. The van der Waals surface area contributed by atoms with Gasteiger partial charge in [0.2, 0.25) is 0 Å².